The summed E-state index contributed by atoms with van der Waals surface area (Å²) in [4.78, 5) is 10.1. The molecule has 1 fully saturated rings. The Hall–Kier alpha value is -0.550. The van der Waals surface area contributed by atoms with E-state index >= 15 is 0 Å². The number of nitrogens with one attached hydrogen (secondary N) is 1. The number of aromatic nitrogens is 1. The minimum Gasteiger partial charge on any atom is -0.361 e. The van der Waals surface area contributed by atoms with Crippen LogP contribution in [0, 0.1) is 12.8 Å². The first-order chi connectivity index (χ1) is 8.15. The molecule has 1 N–H and O–H groups in total. The lowest BCUT2D eigenvalue weighted by Crippen LogP contribution is -2.28. The fourth-order valence-corrected chi connectivity index (χ4v) is 3.53. The Labute approximate surface area is 111 Å². The Morgan fingerprint density at radius 1 is 1.59 bits per heavy atom. The van der Waals surface area contributed by atoms with E-state index in [1.54, 1.807) is 11.3 Å². The summed E-state index contributed by atoms with van der Waals surface area (Å²) in [7, 11) is 0. The Morgan fingerprint density at radius 2 is 2.41 bits per heavy atom. The molecule has 0 saturated carbocycles. The Balaban J connectivity index is 1.86. The molecule has 0 aromatic carbocycles. The van der Waals surface area contributed by atoms with Crippen LogP contribution in [0.4, 0.5) is 0 Å². The van der Waals surface area contributed by atoms with Crippen molar-refractivity contribution in [2.24, 2.45) is 10.9 Å². The van der Waals surface area contributed by atoms with E-state index in [2.05, 4.69) is 29.1 Å². The Kier molecular flexibility index (Phi) is 4.45. The zero-order valence-electron chi connectivity index (χ0n) is 10.6. The molecule has 3 nitrogen and oxygen atoms in total. The third-order valence-corrected chi connectivity index (χ3v) is 4.73. The Morgan fingerprint density at radius 3 is 3.06 bits per heavy atom. The summed E-state index contributed by atoms with van der Waals surface area (Å²) < 4.78 is 0. The number of rotatable bonds is 4. The molecule has 1 aliphatic rings. The molecule has 0 amide bonds. The van der Waals surface area contributed by atoms with Crippen LogP contribution >= 0.6 is 23.1 Å². The first kappa shape index (κ1) is 12.9. The minimum atomic E-state index is 0.598. The van der Waals surface area contributed by atoms with Crippen LogP contribution in [0.25, 0.3) is 0 Å². The SMILES string of the molecule is Cc1ncsc1CN=C1NC(CC(C)C)CS1. The van der Waals surface area contributed by atoms with Crippen molar-refractivity contribution < 1.29 is 0 Å². The van der Waals surface area contributed by atoms with Crippen LogP contribution in [-0.4, -0.2) is 21.9 Å². The van der Waals surface area contributed by atoms with Crippen LogP contribution in [0.1, 0.15) is 30.8 Å². The molecule has 0 aliphatic carbocycles. The quantitative estimate of drug-likeness (QED) is 0.913. The molecule has 0 bridgehead atoms. The van der Waals surface area contributed by atoms with Gasteiger partial charge >= 0.3 is 0 Å². The fourth-order valence-electron chi connectivity index (χ4n) is 1.85. The van der Waals surface area contributed by atoms with Crippen LogP contribution in [-0.2, 0) is 6.54 Å². The van der Waals surface area contributed by atoms with Crippen molar-refractivity contribution in [3.63, 3.8) is 0 Å². The van der Waals surface area contributed by atoms with E-state index in [0.717, 1.165) is 29.1 Å². The van der Waals surface area contributed by atoms with E-state index in [9.17, 15) is 0 Å². The number of nitrogens with zero attached hydrogens (tertiary/aromatic N) is 2. The normalized spacial score (nSPS) is 22.4. The summed E-state index contributed by atoms with van der Waals surface area (Å²) in [5, 5.41) is 4.60. The summed E-state index contributed by atoms with van der Waals surface area (Å²) >= 11 is 3.53. The van der Waals surface area contributed by atoms with Gasteiger partial charge in [-0.1, -0.05) is 25.6 Å². The number of aliphatic imine (C=N–C) groups is 1. The van der Waals surface area contributed by atoms with Gasteiger partial charge in [0.2, 0.25) is 0 Å². The van der Waals surface area contributed by atoms with Crippen molar-refractivity contribution in [2.45, 2.75) is 39.8 Å². The third kappa shape index (κ3) is 3.71. The zero-order valence-corrected chi connectivity index (χ0v) is 12.2. The molecule has 1 aromatic heterocycles. The van der Waals surface area contributed by atoms with Gasteiger partial charge in [0, 0.05) is 16.7 Å². The van der Waals surface area contributed by atoms with Gasteiger partial charge < -0.3 is 5.32 Å². The van der Waals surface area contributed by atoms with Gasteiger partial charge in [0.25, 0.3) is 0 Å². The molecule has 2 heterocycles. The van der Waals surface area contributed by atoms with Crippen LogP contribution in [0.2, 0.25) is 0 Å². The third-order valence-electron chi connectivity index (χ3n) is 2.72. The summed E-state index contributed by atoms with van der Waals surface area (Å²) in [6.07, 6.45) is 1.23. The number of thiazole rings is 1. The molecule has 1 saturated heterocycles. The van der Waals surface area contributed by atoms with Gasteiger partial charge in [0.05, 0.1) is 17.7 Å². The van der Waals surface area contributed by atoms with Crippen molar-refractivity contribution in [2.75, 3.05) is 5.75 Å². The predicted octanol–water partition coefficient (Wildman–Crippen LogP) is 3.06. The van der Waals surface area contributed by atoms with Crippen LogP contribution < -0.4 is 5.32 Å². The number of aryl methyl sites for hydroxylation is 1. The smallest absolute Gasteiger partial charge is 0.157 e. The number of hydrogen-bond donors (Lipinski definition) is 1. The molecule has 0 spiro atoms. The van der Waals surface area contributed by atoms with E-state index in [4.69, 9.17) is 0 Å². The maximum absolute atomic E-state index is 4.62. The summed E-state index contributed by atoms with van der Waals surface area (Å²) in [6.45, 7) is 7.34. The van der Waals surface area contributed by atoms with Crippen molar-refractivity contribution in [1.29, 1.82) is 0 Å². The van der Waals surface area contributed by atoms with Crippen LogP contribution in [0.3, 0.4) is 0 Å². The highest BCUT2D eigenvalue weighted by Gasteiger charge is 2.20. The average molecular weight is 269 g/mol. The Bertz CT molecular complexity index is 398. The van der Waals surface area contributed by atoms with E-state index in [-0.39, 0.29) is 0 Å². The van der Waals surface area contributed by atoms with Crippen LogP contribution in [0.5, 0.6) is 0 Å². The first-order valence-corrected chi connectivity index (χ1v) is 7.84. The second-order valence-corrected chi connectivity index (χ2v) is 6.71. The van der Waals surface area contributed by atoms with Crippen LogP contribution in [0.15, 0.2) is 10.5 Å². The molecule has 1 atom stereocenters. The largest absolute Gasteiger partial charge is 0.361 e. The average Bonchev–Trinajstić information content (AvgIpc) is 2.84. The highest BCUT2D eigenvalue weighted by Crippen LogP contribution is 2.20. The van der Waals surface area contributed by atoms with Gasteiger partial charge in [-0.3, -0.25) is 4.99 Å². The van der Waals surface area contributed by atoms with E-state index in [1.807, 2.05) is 24.2 Å². The molecular weight excluding hydrogens is 250 g/mol. The summed E-state index contributed by atoms with van der Waals surface area (Å²) in [5.41, 5.74) is 3.00. The predicted molar refractivity (Wildman–Crippen MR) is 76.8 cm³/mol. The first-order valence-electron chi connectivity index (χ1n) is 5.98. The standard InChI is InChI=1S/C12H19N3S2/c1-8(2)4-10-6-16-12(15-10)13-5-11-9(3)14-7-17-11/h7-8,10H,4-6H2,1-3H3,(H,13,15). The number of thioether (sulfide) groups is 1. The number of amidine groups is 1. The summed E-state index contributed by atoms with van der Waals surface area (Å²) in [6, 6.07) is 0.598. The maximum Gasteiger partial charge on any atom is 0.157 e. The highest BCUT2D eigenvalue weighted by atomic mass is 32.2. The topological polar surface area (TPSA) is 37.3 Å². The molecular formula is C12H19N3S2. The van der Waals surface area contributed by atoms with Gasteiger partial charge in [0.15, 0.2) is 5.17 Å². The fraction of sp³-hybridized carbons (Fsp3) is 0.667. The minimum absolute atomic E-state index is 0.598. The van der Waals surface area contributed by atoms with E-state index in [0.29, 0.717) is 6.04 Å². The van der Waals surface area contributed by atoms with Crippen molar-refractivity contribution >= 4 is 28.3 Å². The monoisotopic (exact) mass is 269 g/mol. The van der Waals surface area contributed by atoms with E-state index in [1.165, 1.54) is 11.3 Å². The molecule has 17 heavy (non-hydrogen) atoms. The molecule has 1 unspecified atom stereocenters. The molecule has 94 valence electrons. The van der Waals surface area contributed by atoms with E-state index < -0.39 is 0 Å². The maximum atomic E-state index is 4.62. The molecule has 2 rings (SSSR count). The lowest BCUT2D eigenvalue weighted by atomic mass is 10.1. The second kappa shape index (κ2) is 5.87. The number of hydrogen-bond acceptors (Lipinski definition) is 4. The van der Waals surface area contributed by atoms with Crippen molar-refractivity contribution in [3.8, 4) is 0 Å². The molecule has 1 aromatic rings. The van der Waals surface area contributed by atoms with Gasteiger partial charge in [-0.2, -0.15) is 0 Å². The second-order valence-electron chi connectivity index (χ2n) is 4.76. The zero-order chi connectivity index (χ0) is 12.3. The summed E-state index contributed by atoms with van der Waals surface area (Å²) in [5.74, 6) is 1.90. The molecule has 1 aliphatic heterocycles. The lowest BCUT2D eigenvalue weighted by Gasteiger charge is -2.11. The van der Waals surface area contributed by atoms with Gasteiger partial charge in [0.1, 0.15) is 0 Å². The van der Waals surface area contributed by atoms with Gasteiger partial charge in [-0.05, 0) is 19.3 Å². The lowest BCUT2D eigenvalue weighted by molar-refractivity contribution is 0.502. The van der Waals surface area contributed by atoms with Gasteiger partial charge in [-0.25, -0.2) is 4.98 Å². The van der Waals surface area contributed by atoms with Crippen molar-refractivity contribution in [3.05, 3.63) is 16.1 Å². The highest BCUT2D eigenvalue weighted by molar-refractivity contribution is 8.14. The van der Waals surface area contributed by atoms with Crippen molar-refractivity contribution in [1.82, 2.24) is 10.3 Å². The molecule has 5 heteroatoms. The molecule has 0 radical (unpaired) electrons. The van der Waals surface area contributed by atoms with Gasteiger partial charge in [-0.15, -0.1) is 11.3 Å².